The van der Waals surface area contributed by atoms with Crippen LogP contribution < -0.4 is 11.1 Å². The third kappa shape index (κ3) is 3.05. The predicted octanol–water partition coefficient (Wildman–Crippen LogP) is 2.28. The molecule has 1 aliphatic rings. The summed E-state index contributed by atoms with van der Waals surface area (Å²) in [5.41, 5.74) is 7.22. The topological polar surface area (TPSA) is 80.1 Å². The van der Waals surface area contributed by atoms with Crippen LogP contribution in [0.2, 0.25) is 0 Å². The molecule has 5 nitrogen and oxygen atoms in total. The molecule has 1 saturated heterocycles. The molecule has 0 atom stereocenters. The minimum Gasteiger partial charge on any atom is -0.381 e. The number of H-pyrrole nitrogens is 1. The molecular formula is C15H20ClN3O2. The van der Waals surface area contributed by atoms with E-state index < -0.39 is 5.41 Å². The Bertz CT molecular complexity index is 620. The van der Waals surface area contributed by atoms with Gasteiger partial charge in [0.25, 0.3) is 0 Å². The summed E-state index contributed by atoms with van der Waals surface area (Å²) in [5, 5.41) is 4.08. The highest BCUT2D eigenvalue weighted by molar-refractivity contribution is 5.97. The van der Waals surface area contributed by atoms with Crippen LogP contribution in [0.1, 0.15) is 12.8 Å². The molecule has 6 heteroatoms. The van der Waals surface area contributed by atoms with Crippen LogP contribution >= 0.6 is 12.4 Å². The number of fused-ring (bicyclic) bond motifs is 1. The number of benzene rings is 1. The van der Waals surface area contributed by atoms with Crippen molar-refractivity contribution in [3.8, 4) is 0 Å². The normalized spacial score (nSPS) is 17.2. The summed E-state index contributed by atoms with van der Waals surface area (Å²) in [5.74, 6) is -0.00168. The maximum absolute atomic E-state index is 12.5. The van der Waals surface area contributed by atoms with Gasteiger partial charge in [-0.25, -0.2) is 0 Å². The standard InChI is InChI=1S/C15H19N3O2.ClH/c16-10-15(4-7-20-8-5-15)14(19)18-12-1-2-13-11(9-12)3-6-17-13;/h1-3,6,9,17H,4-5,7-8,10,16H2,(H,18,19);1H. The maximum atomic E-state index is 12.5. The first-order valence-corrected chi connectivity index (χ1v) is 6.90. The minimum atomic E-state index is -0.495. The van der Waals surface area contributed by atoms with Crippen molar-refractivity contribution in [1.82, 2.24) is 4.98 Å². The third-order valence-electron chi connectivity index (χ3n) is 4.13. The van der Waals surface area contributed by atoms with E-state index in [4.69, 9.17) is 10.5 Å². The second kappa shape index (κ2) is 6.47. The van der Waals surface area contributed by atoms with E-state index in [-0.39, 0.29) is 18.3 Å². The molecule has 2 aromatic rings. The van der Waals surface area contributed by atoms with Gasteiger partial charge in [-0.15, -0.1) is 12.4 Å². The first-order chi connectivity index (χ1) is 9.73. The molecule has 4 N–H and O–H groups in total. The highest BCUT2D eigenvalue weighted by atomic mass is 35.5. The fraction of sp³-hybridized carbons (Fsp3) is 0.400. The van der Waals surface area contributed by atoms with Gasteiger partial charge in [-0.3, -0.25) is 4.79 Å². The smallest absolute Gasteiger partial charge is 0.232 e. The number of anilines is 1. The zero-order valence-electron chi connectivity index (χ0n) is 11.7. The Morgan fingerprint density at radius 3 is 2.81 bits per heavy atom. The van der Waals surface area contributed by atoms with Crippen molar-refractivity contribution in [2.24, 2.45) is 11.1 Å². The summed E-state index contributed by atoms with van der Waals surface area (Å²) in [6.45, 7) is 1.55. The molecule has 1 aromatic carbocycles. The van der Waals surface area contributed by atoms with Crippen LogP contribution in [0.4, 0.5) is 5.69 Å². The number of aromatic amines is 1. The molecule has 114 valence electrons. The van der Waals surface area contributed by atoms with Gasteiger partial charge in [0.1, 0.15) is 0 Å². The van der Waals surface area contributed by atoms with Crippen molar-refractivity contribution in [3.05, 3.63) is 30.5 Å². The van der Waals surface area contributed by atoms with E-state index in [9.17, 15) is 4.79 Å². The van der Waals surface area contributed by atoms with Crippen LogP contribution in [0, 0.1) is 5.41 Å². The van der Waals surface area contributed by atoms with Gasteiger partial charge in [-0.05, 0) is 37.1 Å². The summed E-state index contributed by atoms with van der Waals surface area (Å²) < 4.78 is 5.33. The molecular weight excluding hydrogens is 290 g/mol. The highest BCUT2D eigenvalue weighted by Gasteiger charge is 2.38. The van der Waals surface area contributed by atoms with Gasteiger partial charge in [0.15, 0.2) is 0 Å². The van der Waals surface area contributed by atoms with Crippen molar-refractivity contribution in [3.63, 3.8) is 0 Å². The van der Waals surface area contributed by atoms with Crippen LogP contribution in [0.15, 0.2) is 30.5 Å². The van der Waals surface area contributed by atoms with Gasteiger partial charge in [0, 0.05) is 42.5 Å². The number of nitrogens with two attached hydrogens (primary N) is 1. The number of nitrogens with one attached hydrogen (secondary N) is 2. The van der Waals surface area contributed by atoms with E-state index in [0.717, 1.165) is 16.6 Å². The fourth-order valence-corrected chi connectivity index (χ4v) is 2.68. The first-order valence-electron chi connectivity index (χ1n) is 6.90. The van der Waals surface area contributed by atoms with Gasteiger partial charge in [0.05, 0.1) is 5.41 Å². The highest BCUT2D eigenvalue weighted by Crippen LogP contribution is 2.31. The Morgan fingerprint density at radius 1 is 1.33 bits per heavy atom. The van der Waals surface area contributed by atoms with Crippen molar-refractivity contribution in [2.75, 3.05) is 25.1 Å². The fourth-order valence-electron chi connectivity index (χ4n) is 2.68. The van der Waals surface area contributed by atoms with Crippen molar-refractivity contribution < 1.29 is 9.53 Å². The van der Waals surface area contributed by atoms with Crippen LogP contribution in [-0.4, -0.2) is 30.6 Å². The Labute approximate surface area is 129 Å². The van der Waals surface area contributed by atoms with Crippen molar-refractivity contribution in [2.45, 2.75) is 12.8 Å². The molecule has 1 aromatic heterocycles. The van der Waals surface area contributed by atoms with Gasteiger partial charge < -0.3 is 20.8 Å². The van der Waals surface area contributed by atoms with Crippen LogP contribution in [-0.2, 0) is 9.53 Å². The maximum Gasteiger partial charge on any atom is 0.232 e. The number of carbonyl (C=O) groups excluding carboxylic acids is 1. The molecule has 0 aliphatic carbocycles. The Hall–Kier alpha value is -1.56. The van der Waals surface area contributed by atoms with E-state index in [0.29, 0.717) is 32.6 Å². The van der Waals surface area contributed by atoms with Crippen molar-refractivity contribution in [1.29, 1.82) is 0 Å². The van der Waals surface area contributed by atoms with Crippen molar-refractivity contribution >= 4 is 34.9 Å². The van der Waals surface area contributed by atoms with E-state index in [1.807, 2.05) is 30.5 Å². The van der Waals surface area contributed by atoms with Gasteiger partial charge in [-0.2, -0.15) is 0 Å². The summed E-state index contributed by atoms with van der Waals surface area (Å²) in [4.78, 5) is 15.7. The number of rotatable bonds is 3. The van der Waals surface area contributed by atoms with Crippen LogP contribution in [0.25, 0.3) is 10.9 Å². The van der Waals surface area contributed by atoms with Crippen LogP contribution in [0.5, 0.6) is 0 Å². The molecule has 1 fully saturated rings. The first kappa shape index (κ1) is 15.8. The molecule has 1 aliphatic heterocycles. The number of ether oxygens (including phenoxy) is 1. The van der Waals surface area contributed by atoms with Crippen LogP contribution in [0.3, 0.4) is 0 Å². The lowest BCUT2D eigenvalue weighted by Gasteiger charge is -2.34. The minimum absolute atomic E-state index is 0. The summed E-state index contributed by atoms with van der Waals surface area (Å²) in [6.07, 6.45) is 3.25. The molecule has 0 spiro atoms. The second-order valence-corrected chi connectivity index (χ2v) is 5.33. The summed E-state index contributed by atoms with van der Waals surface area (Å²) >= 11 is 0. The summed E-state index contributed by atoms with van der Waals surface area (Å²) in [6, 6.07) is 7.82. The zero-order valence-corrected chi connectivity index (χ0v) is 12.5. The Morgan fingerprint density at radius 2 is 2.10 bits per heavy atom. The van der Waals surface area contributed by atoms with Gasteiger partial charge in [-0.1, -0.05) is 0 Å². The number of aromatic nitrogens is 1. The third-order valence-corrected chi connectivity index (χ3v) is 4.13. The lowest BCUT2D eigenvalue weighted by atomic mass is 9.79. The SMILES string of the molecule is Cl.NCC1(C(=O)Nc2ccc3[nH]ccc3c2)CCOCC1. The molecule has 0 unspecified atom stereocenters. The number of hydrogen-bond donors (Lipinski definition) is 3. The largest absolute Gasteiger partial charge is 0.381 e. The molecule has 2 heterocycles. The number of hydrogen-bond acceptors (Lipinski definition) is 3. The second-order valence-electron chi connectivity index (χ2n) is 5.33. The number of halogens is 1. The molecule has 0 saturated carbocycles. The van der Waals surface area contributed by atoms with E-state index >= 15 is 0 Å². The Balaban J connectivity index is 0.00000161. The Kier molecular flexibility index (Phi) is 4.88. The van der Waals surface area contributed by atoms with E-state index in [1.165, 1.54) is 0 Å². The monoisotopic (exact) mass is 309 g/mol. The molecule has 1 amide bonds. The quantitative estimate of drug-likeness (QED) is 0.813. The zero-order chi connectivity index (χ0) is 14.0. The van der Waals surface area contributed by atoms with Gasteiger partial charge >= 0.3 is 0 Å². The van der Waals surface area contributed by atoms with E-state index in [2.05, 4.69) is 10.3 Å². The molecule has 0 radical (unpaired) electrons. The molecule has 0 bridgehead atoms. The predicted molar refractivity (Wildman–Crippen MR) is 85.7 cm³/mol. The number of carbonyl (C=O) groups is 1. The number of amides is 1. The average molecular weight is 310 g/mol. The summed E-state index contributed by atoms with van der Waals surface area (Å²) in [7, 11) is 0. The molecule has 3 rings (SSSR count). The lowest BCUT2D eigenvalue weighted by Crippen LogP contribution is -2.46. The lowest BCUT2D eigenvalue weighted by molar-refractivity contribution is -0.130. The molecule has 21 heavy (non-hydrogen) atoms. The van der Waals surface area contributed by atoms with Gasteiger partial charge in [0.2, 0.25) is 5.91 Å². The average Bonchev–Trinajstić information content (AvgIpc) is 2.95. The van der Waals surface area contributed by atoms with E-state index in [1.54, 1.807) is 0 Å².